The fourth-order valence-electron chi connectivity index (χ4n) is 2.38. The molecule has 1 aliphatic heterocycles. The maximum absolute atomic E-state index is 5.63. The summed E-state index contributed by atoms with van der Waals surface area (Å²) in [6.45, 7) is 4.80. The number of imidazole rings is 1. The molecule has 0 saturated heterocycles. The first-order valence-corrected chi connectivity index (χ1v) is 6.32. The maximum atomic E-state index is 5.63. The molecule has 2 heterocycles. The lowest BCUT2D eigenvalue weighted by atomic mass is 10.2. The zero-order chi connectivity index (χ0) is 12.5. The number of benzene rings is 1. The molecule has 0 unspecified atom stereocenters. The van der Waals surface area contributed by atoms with Gasteiger partial charge in [0.1, 0.15) is 19.0 Å². The summed E-state index contributed by atoms with van der Waals surface area (Å²) in [7, 11) is 0. The van der Waals surface area contributed by atoms with Crippen LogP contribution in [0, 0.1) is 0 Å². The molecule has 3 rings (SSSR count). The number of hydrogen-bond donors (Lipinski definition) is 1. The van der Waals surface area contributed by atoms with E-state index in [2.05, 4.69) is 16.5 Å². The number of fused-ring (bicyclic) bond motifs is 2. The summed E-state index contributed by atoms with van der Waals surface area (Å²) < 4.78 is 13.4. The lowest BCUT2D eigenvalue weighted by Gasteiger charge is -2.18. The van der Waals surface area contributed by atoms with Gasteiger partial charge in [0.2, 0.25) is 0 Å². The summed E-state index contributed by atoms with van der Waals surface area (Å²) in [6.07, 6.45) is 0.787. The monoisotopic (exact) mass is 247 g/mol. The molecule has 0 fully saturated rings. The van der Waals surface area contributed by atoms with Gasteiger partial charge in [-0.3, -0.25) is 0 Å². The second-order valence-corrected chi connectivity index (χ2v) is 4.30. The summed E-state index contributed by atoms with van der Waals surface area (Å²) in [6, 6.07) is 3.97. The average Bonchev–Trinajstić information content (AvgIpc) is 2.72. The minimum absolute atomic E-state index is 0.600. The van der Waals surface area contributed by atoms with Gasteiger partial charge in [-0.05, 0) is 13.5 Å². The molecule has 1 aromatic carbocycles. The highest BCUT2D eigenvalue weighted by Gasteiger charge is 2.17. The molecule has 1 aliphatic rings. The molecular formula is C13H17N3O2. The summed E-state index contributed by atoms with van der Waals surface area (Å²) in [5.74, 6) is 2.62. The number of rotatable bonds is 3. The van der Waals surface area contributed by atoms with Gasteiger partial charge in [-0.1, -0.05) is 0 Å². The van der Waals surface area contributed by atoms with Crippen molar-refractivity contribution in [3.63, 3.8) is 0 Å². The van der Waals surface area contributed by atoms with Crippen LogP contribution in [-0.2, 0) is 13.0 Å². The van der Waals surface area contributed by atoms with Crippen LogP contribution in [0.5, 0.6) is 11.5 Å². The fraction of sp³-hybridized carbons (Fsp3) is 0.462. The zero-order valence-corrected chi connectivity index (χ0v) is 10.5. The smallest absolute Gasteiger partial charge is 0.163 e. The highest BCUT2D eigenvalue weighted by atomic mass is 16.6. The molecule has 18 heavy (non-hydrogen) atoms. The van der Waals surface area contributed by atoms with Gasteiger partial charge in [-0.25, -0.2) is 4.98 Å². The van der Waals surface area contributed by atoms with E-state index in [1.807, 2.05) is 12.1 Å². The number of hydrogen-bond acceptors (Lipinski definition) is 4. The third-order valence-corrected chi connectivity index (χ3v) is 3.18. The van der Waals surface area contributed by atoms with Crippen molar-refractivity contribution in [2.24, 2.45) is 5.73 Å². The lowest BCUT2D eigenvalue weighted by Crippen LogP contribution is -2.15. The van der Waals surface area contributed by atoms with Crippen molar-refractivity contribution in [3.05, 3.63) is 18.0 Å². The van der Waals surface area contributed by atoms with Crippen molar-refractivity contribution in [3.8, 4) is 11.5 Å². The molecule has 96 valence electrons. The van der Waals surface area contributed by atoms with Crippen molar-refractivity contribution in [2.45, 2.75) is 19.9 Å². The highest BCUT2D eigenvalue weighted by molar-refractivity contribution is 5.80. The summed E-state index contributed by atoms with van der Waals surface area (Å²) >= 11 is 0. The lowest BCUT2D eigenvalue weighted by molar-refractivity contribution is 0.172. The highest BCUT2D eigenvalue weighted by Crippen LogP contribution is 2.34. The molecule has 0 aliphatic carbocycles. The van der Waals surface area contributed by atoms with Crippen molar-refractivity contribution in [1.82, 2.24) is 9.55 Å². The molecule has 0 atom stereocenters. The van der Waals surface area contributed by atoms with Gasteiger partial charge in [0.05, 0.1) is 11.0 Å². The normalized spacial score (nSPS) is 14.1. The number of aryl methyl sites for hydroxylation is 1. The second-order valence-electron chi connectivity index (χ2n) is 4.30. The SMILES string of the molecule is CCn1c(CCN)nc2cc3c(cc21)OCCO3. The predicted molar refractivity (Wildman–Crippen MR) is 69.2 cm³/mol. The maximum Gasteiger partial charge on any atom is 0.163 e. The number of ether oxygens (including phenoxy) is 2. The molecule has 0 amide bonds. The zero-order valence-electron chi connectivity index (χ0n) is 10.5. The standard InChI is InChI=1S/C13H17N3O2/c1-2-16-10-8-12-11(17-5-6-18-12)7-9(10)15-13(16)3-4-14/h7-8H,2-6,14H2,1H3. The molecule has 0 spiro atoms. The van der Waals surface area contributed by atoms with Crippen molar-refractivity contribution < 1.29 is 9.47 Å². The van der Waals surface area contributed by atoms with Gasteiger partial charge in [-0.15, -0.1) is 0 Å². The Morgan fingerprint density at radius 1 is 1.28 bits per heavy atom. The van der Waals surface area contributed by atoms with E-state index in [9.17, 15) is 0 Å². The van der Waals surface area contributed by atoms with Gasteiger partial charge in [-0.2, -0.15) is 0 Å². The third kappa shape index (κ3) is 1.71. The summed E-state index contributed by atoms with van der Waals surface area (Å²) in [5, 5.41) is 0. The Hall–Kier alpha value is -1.75. The van der Waals surface area contributed by atoms with E-state index >= 15 is 0 Å². The van der Waals surface area contributed by atoms with E-state index in [0.29, 0.717) is 19.8 Å². The second kappa shape index (κ2) is 4.49. The van der Waals surface area contributed by atoms with Crippen LogP contribution in [0.1, 0.15) is 12.7 Å². The summed E-state index contributed by atoms with van der Waals surface area (Å²) in [5.41, 5.74) is 7.66. The van der Waals surface area contributed by atoms with E-state index in [4.69, 9.17) is 15.2 Å². The van der Waals surface area contributed by atoms with Gasteiger partial charge < -0.3 is 19.8 Å². The van der Waals surface area contributed by atoms with Crippen LogP contribution < -0.4 is 15.2 Å². The topological polar surface area (TPSA) is 62.3 Å². The van der Waals surface area contributed by atoms with Crippen LogP contribution in [0.25, 0.3) is 11.0 Å². The predicted octanol–water partition coefficient (Wildman–Crippen LogP) is 1.33. The Bertz CT molecular complexity index is 577. The third-order valence-electron chi connectivity index (χ3n) is 3.18. The summed E-state index contributed by atoms with van der Waals surface area (Å²) in [4.78, 5) is 4.63. The van der Waals surface area contributed by atoms with Crippen molar-refractivity contribution in [1.29, 1.82) is 0 Å². The first kappa shape index (κ1) is 11.3. The number of nitrogens with zero attached hydrogens (tertiary/aromatic N) is 2. The van der Waals surface area contributed by atoms with Gasteiger partial charge >= 0.3 is 0 Å². The minimum Gasteiger partial charge on any atom is -0.486 e. The van der Waals surface area contributed by atoms with Crippen LogP contribution in [0.15, 0.2) is 12.1 Å². The molecule has 5 nitrogen and oxygen atoms in total. The van der Waals surface area contributed by atoms with Crippen molar-refractivity contribution >= 4 is 11.0 Å². The molecule has 0 bridgehead atoms. The Balaban J connectivity index is 2.17. The Morgan fingerprint density at radius 3 is 2.67 bits per heavy atom. The molecule has 2 N–H and O–H groups in total. The van der Waals surface area contributed by atoms with Crippen LogP contribution in [0.4, 0.5) is 0 Å². The minimum atomic E-state index is 0.600. The van der Waals surface area contributed by atoms with E-state index < -0.39 is 0 Å². The Kier molecular flexibility index (Phi) is 2.83. The first-order valence-electron chi connectivity index (χ1n) is 6.32. The molecule has 5 heteroatoms. The largest absolute Gasteiger partial charge is 0.486 e. The van der Waals surface area contributed by atoms with Gasteiger partial charge in [0, 0.05) is 25.1 Å². The van der Waals surface area contributed by atoms with Crippen LogP contribution in [0.3, 0.4) is 0 Å². The van der Waals surface area contributed by atoms with Crippen molar-refractivity contribution in [2.75, 3.05) is 19.8 Å². The van der Waals surface area contributed by atoms with Crippen LogP contribution in [0.2, 0.25) is 0 Å². The number of nitrogens with two attached hydrogens (primary N) is 1. The molecular weight excluding hydrogens is 230 g/mol. The van der Waals surface area contributed by atoms with E-state index in [0.717, 1.165) is 41.3 Å². The van der Waals surface area contributed by atoms with E-state index in [1.54, 1.807) is 0 Å². The van der Waals surface area contributed by atoms with Crippen LogP contribution >= 0.6 is 0 Å². The van der Waals surface area contributed by atoms with Gasteiger partial charge in [0.15, 0.2) is 11.5 Å². The fourth-order valence-corrected chi connectivity index (χ4v) is 2.38. The molecule has 1 aromatic heterocycles. The van der Waals surface area contributed by atoms with E-state index in [-0.39, 0.29) is 0 Å². The van der Waals surface area contributed by atoms with Crippen LogP contribution in [-0.4, -0.2) is 29.3 Å². The molecule has 0 saturated carbocycles. The van der Waals surface area contributed by atoms with Gasteiger partial charge in [0.25, 0.3) is 0 Å². The average molecular weight is 247 g/mol. The molecule has 0 radical (unpaired) electrons. The molecule has 2 aromatic rings. The Labute approximate surface area is 106 Å². The Morgan fingerprint density at radius 2 is 2.00 bits per heavy atom. The quantitative estimate of drug-likeness (QED) is 0.888. The first-order chi connectivity index (χ1) is 8.83. The number of aromatic nitrogens is 2. The van der Waals surface area contributed by atoms with E-state index in [1.165, 1.54) is 0 Å².